The maximum atomic E-state index is 5.96. The van der Waals surface area contributed by atoms with E-state index in [4.69, 9.17) is 5.73 Å². The van der Waals surface area contributed by atoms with Crippen molar-refractivity contribution >= 4 is 17.2 Å². The molecule has 2 heterocycles. The molecule has 2 aromatic heterocycles. The van der Waals surface area contributed by atoms with Gasteiger partial charge in [-0.3, -0.25) is 0 Å². The summed E-state index contributed by atoms with van der Waals surface area (Å²) in [4.78, 5) is 6.68. The first kappa shape index (κ1) is 14.0. The topological polar surface area (TPSA) is 42.1 Å². The number of nitrogens with zero attached hydrogens (tertiary/aromatic N) is 2. The normalized spacial score (nSPS) is 12.4. The van der Waals surface area contributed by atoms with E-state index in [2.05, 4.69) is 52.8 Å². The maximum absolute atomic E-state index is 5.96. The molecule has 0 aliphatic heterocycles. The lowest BCUT2D eigenvalue weighted by Gasteiger charge is -2.18. The number of nitrogens with two attached hydrogens (primary N) is 1. The van der Waals surface area contributed by atoms with Crippen LogP contribution in [0.2, 0.25) is 0 Å². The first-order valence-electron chi connectivity index (χ1n) is 6.61. The summed E-state index contributed by atoms with van der Waals surface area (Å²) in [6, 6.07) is 6.58. The van der Waals surface area contributed by atoms with Gasteiger partial charge in [0.05, 0.1) is 0 Å². The van der Waals surface area contributed by atoms with E-state index < -0.39 is 0 Å². The van der Waals surface area contributed by atoms with Gasteiger partial charge in [0.2, 0.25) is 0 Å². The minimum absolute atomic E-state index is 0.233. The highest BCUT2D eigenvalue weighted by atomic mass is 32.1. The van der Waals surface area contributed by atoms with Crippen LogP contribution in [0, 0.1) is 0 Å². The Hall–Kier alpha value is -1.39. The van der Waals surface area contributed by atoms with Crippen LogP contribution in [0.1, 0.15) is 24.5 Å². The highest BCUT2D eigenvalue weighted by Crippen LogP contribution is 2.15. The van der Waals surface area contributed by atoms with E-state index in [-0.39, 0.29) is 6.04 Å². The van der Waals surface area contributed by atoms with Crippen LogP contribution < -0.4 is 10.6 Å². The predicted octanol–water partition coefficient (Wildman–Crippen LogP) is 3.06. The molecule has 0 fully saturated rings. The van der Waals surface area contributed by atoms with Gasteiger partial charge in [-0.05, 0) is 46.9 Å². The number of hydrogen-bond acceptors (Lipinski definition) is 4. The Morgan fingerprint density at radius 3 is 2.74 bits per heavy atom. The highest BCUT2D eigenvalue weighted by molar-refractivity contribution is 7.07. The molecular weight excluding hydrogens is 254 g/mol. The maximum Gasteiger partial charge on any atom is 0.128 e. The van der Waals surface area contributed by atoms with Gasteiger partial charge in [0.15, 0.2) is 0 Å². The molecule has 0 saturated heterocycles. The fraction of sp³-hybridized carbons (Fsp3) is 0.400. The van der Waals surface area contributed by atoms with Gasteiger partial charge in [0.1, 0.15) is 5.82 Å². The molecule has 0 aliphatic rings. The number of thiophene rings is 1. The summed E-state index contributed by atoms with van der Waals surface area (Å²) in [5, 5.41) is 4.27. The summed E-state index contributed by atoms with van der Waals surface area (Å²) in [7, 11) is 2.07. The lowest BCUT2D eigenvalue weighted by Crippen LogP contribution is -2.22. The number of aromatic nitrogens is 1. The average molecular weight is 275 g/mol. The molecule has 3 nitrogen and oxygen atoms in total. The number of rotatable bonds is 6. The van der Waals surface area contributed by atoms with Crippen molar-refractivity contribution in [2.24, 2.45) is 5.73 Å². The molecule has 0 amide bonds. The van der Waals surface area contributed by atoms with E-state index >= 15 is 0 Å². The highest BCUT2D eigenvalue weighted by Gasteiger charge is 2.06. The van der Waals surface area contributed by atoms with Crippen LogP contribution in [0.25, 0.3) is 0 Å². The van der Waals surface area contributed by atoms with Crippen molar-refractivity contribution in [1.29, 1.82) is 0 Å². The Morgan fingerprint density at radius 2 is 2.16 bits per heavy atom. The number of anilines is 1. The lowest BCUT2D eigenvalue weighted by atomic mass is 10.1. The van der Waals surface area contributed by atoms with Crippen molar-refractivity contribution in [3.05, 3.63) is 46.3 Å². The quantitative estimate of drug-likeness (QED) is 0.881. The molecule has 1 unspecified atom stereocenters. The van der Waals surface area contributed by atoms with Crippen LogP contribution in [0.15, 0.2) is 35.2 Å². The molecule has 0 aromatic carbocycles. The van der Waals surface area contributed by atoms with E-state index in [9.17, 15) is 0 Å². The molecule has 2 N–H and O–H groups in total. The van der Waals surface area contributed by atoms with Crippen LogP contribution in [0.5, 0.6) is 0 Å². The zero-order chi connectivity index (χ0) is 13.7. The predicted molar refractivity (Wildman–Crippen MR) is 82.6 cm³/mol. The van der Waals surface area contributed by atoms with Crippen LogP contribution in [0.3, 0.4) is 0 Å². The van der Waals surface area contributed by atoms with E-state index in [0.29, 0.717) is 0 Å². The standard InChI is InChI=1S/C15H21N3S/c1-3-14(16)8-12-4-5-15(17-9-12)18(2)10-13-6-7-19-11-13/h4-7,9,11,14H,3,8,10,16H2,1-2H3. The first-order chi connectivity index (χ1) is 9.19. The van der Waals surface area contributed by atoms with Gasteiger partial charge in [0.25, 0.3) is 0 Å². The Labute approximate surface area is 119 Å². The molecule has 0 bridgehead atoms. The molecule has 102 valence electrons. The minimum Gasteiger partial charge on any atom is -0.355 e. The van der Waals surface area contributed by atoms with Gasteiger partial charge in [0, 0.05) is 25.8 Å². The molecule has 0 spiro atoms. The Kier molecular flexibility index (Phi) is 4.93. The van der Waals surface area contributed by atoms with E-state index in [1.54, 1.807) is 11.3 Å². The molecule has 0 radical (unpaired) electrons. The third-order valence-electron chi connectivity index (χ3n) is 3.22. The van der Waals surface area contributed by atoms with E-state index in [1.807, 2.05) is 6.20 Å². The summed E-state index contributed by atoms with van der Waals surface area (Å²) in [5.41, 5.74) is 8.49. The van der Waals surface area contributed by atoms with Crippen molar-refractivity contribution in [2.75, 3.05) is 11.9 Å². The monoisotopic (exact) mass is 275 g/mol. The van der Waals surface area contributed by atoms with Crippen LogP contribution >= 0.6 is 11.3 Å². The van der Waals surface area contributed by atoms with Crippen molar-refractivity contribution < 1.29 is 0 Å². The summed E-state index contributed by atoms with van der Waals surface area (Å²) in [5.74, 6) is 1.00. The number of pyridine rings is 1. The third-order valence-corrected chi connectivity index (χ3v) is 3.95. The van der Waals surface area contributed by atoms with Crippen molar-refractivity contribution in [3.8, 4) is 0 Å². The smallest absolute Gasteiger partial charge is 0.128 e. The van der Waals surface area contributed by atoms with Gasteiger partial charge in [-0.15, -0.1) is 0 Å². The van der Waals surface area contributed by atoms with Crippen molar-refractivity contribution in [3.63, 3.8) is 0 Å². The Balaban J connectivity index is 1.97. The Bertz CT molecular complexity index is 479. The van der Waals surface area contributed by atoms with E-state index in [0.717, 1.165) is 25.2 Å². The van der Waals surface area contributed by atoms with Gasteiger partial charge in [-0.25, -0.2) is 4.98 Å². The molecular formula is C15H21N3S. The van der Waals surface area contributed by atoms with Gasteiger partial charge < -0.3 is 10.6 Å². The zero-order valence-electron chi connectivity index (χ0n) is 11.5. The summed E-state index contributed by atoms with van der Waals surface area (Å²) < 4.78 is 0. The lowest BCUT2D eigenvalue weighted by molar-refractivity contribution is 0.645. The summed E-state index contributed by atoms with van der Waals surface area (Å²) >= 11 is 1.73. The van der Waals surface area contributed by atoms with Gasteiger partial charge in [-0.2, -0.15) is 11.3 Å². The first-order valence-corrected chi connectivity index (χ1v) is 7.56. The van der Waals surface area contributed by atoms with Crippen LogP contribution in [-0.2, 0) is 13.0 Å². The molecule has 0 aliphatic carbocycles. The van der Waals surface area contributed by atoms with Crippen LogP contribution in [0.4, 0.5) is 5.82 Å². The molecule has 2 aromatic rings. The fourth-order valence-electron chi connectivity index (χ4n) is 1.95. The second-order valence-electron chi connectivity index (χ2n) is 4.88. The molecule has 4 heteroatoms. The minimum atomic E-state index is 0.233. The Morgan fingerprint density at radius 1 is 1.32 bits per heavy atom. The molecule has 19 heavy (non-hydrogen) atoms. The summed E-state index contributed by atoms with van der Waals surface area (Å²) in [6.45, 7) is 3.01. The van der Waals surface area contributed by atoms with Gasteiger partial charge >= 0.3 is 0 Å². The number of hydrogen-bond donors (Lipinski definition) is 1. The zero-order valence-corrected chi connectivity index (χ0v) is 12.4. The molecule has 2 rings (SSSR count). The summed E-state index contributed by atoms with van der Waals surface area (Å²) in [6.07, 6.45) is 3.84. The SMILES string of the molecule is CCC(N)Cc1ccc(N(C)Cc2ccsc2)nc1. The average Bonchev–Trinajstić information content (AvgIpc) is 2.92. The van der Waals surface area contributed by atoms with Crippen LogP contribution in [-0.4, -0.2) is 18.1 Å². The molecule has 1 atom stereocenters. The van der Waals surface area contributed by atoms with Crippen molar-refractivity contribution in [1.82, 2.24) is 4.98 Å². The largest absolute Gasteiger partial charge is 0.355 e. The second kappa shape index (κ2) is 6.68. The molecule has 0 saturated carbocycles. The third kappa shape index (κ3) is 4.04. The fourth-order valence-corrected chi connectivity index (χ4v) is 2.61. The van der Waals surface area contributed by atoms with Crippen molar-refractivity contribution in [2.45, 2.75) is 32.4 Å². The van der Waals surface area contributed by atoms with Gasteiger partial charge in [-0.1, -0.05) is 13.0 Å². The second-order valence-corrected chi connectivity index (χ2v) is 5.66. The van der Waals surface area contributed by atoms with E-state index in [1.165, 1.54) is 11.1 Å².